The van der Waals surface area contributed by atoms with E-state index < -0.39 is 4.92 Å². The Hall–Kier alpha value is -2.28. The molecule has 0 aliphatic heterocycles. The van der Waals surface area contributed by atoms with Gasteiger partial charge in [-0.2, -0.15) is 4.98 Å². The van der Waals surface area contributed by atoms with Crippen LogP contribution in [0.2, 0.25) is 0 Å². The summed E-state index contributed by atoms with van der Waals surface area (Å²) >= 11 is 0. The van der Waals surface area contributed by atoms with E-state index in [0.29, 0.717) is 23.8 Å². The van der Waals surface area contributed by atoms with Gasteiger partial charge in [-0.25, -0.2) is 0 Å². The fourth-order valence-corrected chi connectivity index (χ4v) is 1.73. The summed E-state index contributed by atoms with van der Waals surface area (Å²) in [5.74, 6) is 0.779. The van der Waals surface area contributed by atoms with E-state index in [1.54, 1.807) is 12.1 Å². The van der Waals surface area contributed by atoms with Gasteiger partial charge in [0.2, 0.25) is 11.7 Å². The molecule has 1 atom stereocenters. The molecule has 0 saturated heterocycles. The van der Waals surface area contributed by atoms with Crippen LogP contribution < -0.4 is 5.73 Å². The highest BCUT2D eigenvalue weighted by molar-refractivity contribution is 5.58. The summed E-state index contributed by atoms with van der Waals surface area (Å²) in [6, 6.07) is 6.12. The zero-order chi connectivity index (χ0) is 14.8. The van der Waals surface area contributed by atoms with Crippen molar-refractivity contribution in [1.82, 2.24) is 10.1 Å². The first-order valence-electron chi connectivity index (χ1n) is 6.29. The van der Waals surface area contributed by atoms with Crippen molar-refractivity contribution in [2.45, 2.75) is 25.7 Å². The molecule has 2 aromatic rings. The molecule has 0 fully saturated rings. The van der Waals surface area contributed by atoms with Gasteiger partial charge in [-0.05, 0) is 13.3 Å². The van der Waals surface area contributed by atoms with E-state index in [2.05, 4.69) is 10.1 Å². The molecule has 20 heavy (non-hydrogen) atoms. The van der Waals surface area contributed by atoms with Gasteiger partial charge in [-0.3, -0.25) is 10.1 Å². The Labute approximate surface area is 115 Å². The van der Waals surface area contributed by atoms with Gasteiger partial charge < -0.3 is 10.3 Å². The summed E-state index contributed by atoms with van der Waals surface area (Å²) in [6.45, 7) is 4.32. The maximum absolute atomic E-state index is 10.8. The summed E-state index contributed by atoms with van der Waals surface area (Å²) < 4.78 is 5.26. The molecule has 0 spiro atoms. The fourth-order valence-electron chi connectivity index (χ4n) is 1.73. The molecule has 2 N–H and O–H groups in total. The van der Waals surface area contributed by atoms with Gasteiger partial charge in [-0.1, -0.05) is 24.2 Å². The van der Waals surface area contributed by atoms with E-state index in [-0.39, 0.29) is 11.1 Å². The maximum Gasteiger partial charge on any atom is 0.270 e. The van der Waals surface area contributed by atoms with E-state index in [1.807, 2.05) is 13.8 Å². The van der Waals surface area contributed by atoms with Gasteiger partial charge in [0, 0.05) is 24.2 Å². The Kier molecular flexibility index (Phi) is 3.80. The Morgan fingerprint density at radius 3 is 2.85 bits per heavy atom. The van der Waals surface area contributed by atoms with Crippen molar-refractivity contribution in [2.24, 2.45) is 5.73 Å². The lowest BCUT2D eigenvalue weighted by Gasteiger charge is -2.20. The predicted molar refractivity (Wildman–Crippen MR) is 73.1 cm³/mol. The molecule has 0 amide bonds. The molecular formula is C13H16N4O3. The van der Waals surface area contributed by atoms with Crippen LogP contribution in [0.3, 0.4) is 0 Å². The molecule has 2 rings (SSSR count). The predicted octanol–water partition coefficient (Wildman–Crippen LogP) is 2.27. The van der Waals surface area contributed by atoms with Crippen LogP contribution in [0.1, 0.15) is 26.2 Å². The molecule has 106 valence electrons. The summed E-state index contributed by atoms with van der Waals surface area (Å²) in [6.07, 6.45) is 0.764. The molecule has 0 saturated carbocycles. The Bertz CT molecular complexity index is 620. The van der Waals surface area contributed by atoms with Gasteiger partial charge in [-0.15, -0.1) is 0 Å². The average molecular weight is 276 g/mol. The minimum absolute atomic E-state index is 0.00840. The third kappa shape index (κ3) is 2.53. The molecule has 7 heteroatoms. The quantitative estimate of drug-likeness (QED) is 0.662. The van der Waals surface area contributed by atoms with Crippen molar-refractivity contribution in [2.75, 3.05) is 6.54 Å². The van der Waals surface area contributed by atoms with Crippen LogP contribution in [0.15, 0.2) is 28.8 Å². The highest BCUT2D eigenvalue weighted by atomic mass is 16.6. The number of nitrogens with two attached hydrogens (primary N) is 1. The van der Waals surface area contributed by atoms with E-state index in [9.17, 15) is 10.1 Å². The number of nitrogens with zero attached hydrogens (tertiary/aromatic N) is 3. The lowest BCUT2D eigenvalue weighted by atomic mass is 9.88. The smallest absolute Gasteiger partial charge is 0.270 e. The van der Waals surface area contributed by atoms with Gasteiger partial charge in [0.05, 0.1) is 10.3 Å². The van der Waals surface area contributed by atoms with Gasteiger partial charge >= 0.3 is 0 Å². The third-order valence-electron chi connectivity index (χ3n) is 3.49. The summed E-state index contributed by atoms with van der Waals surface area (Å²) in [7, 11) is 0. The van der Waals surface area contributed by atoms with Crippen LogP contribution in [-0.2, 0) is 5.41 Å². The van der Waals surface area contributed by atoms with E-state index in [0.717, 1.165) is 6.42 Å². The largest absolute Gasteiger partial charge is 0.338 e. The van der Waals surface area contributed by atoms with Crippen molar-refractivity contribution >= 4 is 5.69 Å². The normalized spacial score (nSPS) is 13.9. The molecule has 0 bridgehead atoms. The van der Waals surface area contributed by atoms with E-state index in [4.69, 9.17) is 10.3 Å². The highest BCUT2D eigenvalue weighted by Gasteiger charge is 2.30. The van der Waals surface area contributed by atoms with Crippen LogP contribution in [0, 0.1) is 10.1 Å². The molecule has 0 radical (unpaired) electrons. The van der Waals surface area contributed by atoms with Gasteiger partial charge in [0.15, 0.2) is 0 Å². The van der Waals surface area contributed by atoms with E-state index in [1.165, 1.54) is 12.1 Å². The Morgan fingerprint density at radius 2 is 2.25 bits per heavy atom. The second kappa shape index (κ2) is 5.38. The van der Waals surface area contributed by atoms with Crippen LogP contribution in [-0.4, -0.2) is 21.6 Å². The molecule has 1 unspecified atom stereocenters. The maximum atomic E-state index is 10.8. The zero-order valence-corrected chi connectivity index (χ0v) is 11.4. The summed E-state index contributed by atoms with van der Waals surface area (Å²) in [4.78, 5) is 14.6. The number of hydrogen-bond acceptors (Lipinski definition) is 6. The van der Waals surface area contributed by atoms with Crippen molar-refractivity contribution in [3.05, 3.63) is 40.3 Å². The topological polar surface area (TPSA) is 108 Å². The van der Waals surface area contributed by atoms with Crippen LogP contribution in [0.5, 0.6) is 0 Å². The minimum atomic E-state index is -0.458. The van der Waals surface area contributed by atoms with Crippen molar-refractivity contribution < 1.29 is 9.45 Å². The number of nitro groups is 1. The molecule has 1 heterocycles. The first kappa shape index (κ1) is 14.1. The average Bonchev–Trinajstić information content (AvgIpc) is 2.97. The number of nitro benzene ring substituents is 1. The van der Waals surface area contributed by atoms with Crippen LogP contribution in [0.4, 0.5) is 5.69 Å². The standard InChI is InChI=1S/C13H16N4O3/c1-3-13(2,8-14)12-15-11(16-20-12)9-5-4-6-10(7-9)17(18)19/h4-7H,3,8,14H2,1-2H3. The molecular weight excluding hydrogens is 260 g/mol. The lowest BCUT2D eigenvalue weighted by Crippen LogP contribution is -2.31. The second-order valence-electron chi connectivity index (χ2n) is 4.85. The second-order valence-corrected chi connectivity index (χ2v) is 4.85. The monoisotopic (exact) mass is 276 g/mol. The van der Waals surface area contributed by atoms with Crippen molar-refractivity contribution in [3.63, 3.8) is 0 Å². The third-order valence-corrected chi connectivity index (χ3v) is 3.49. The highest BCUT2D eigenvalue weighted by Crippen LogP contribution is 2.28. The SMILES string of the molecule is CCC(C)(CN)c1nc(-c2cccc([N+](=O)[O-])c2)no1. The number of hydrogen-bond donors (Lipinski definition) is 1. The molecule has 7 nitrogen and oxygen atoms in total. The van der Waals surface area contributed by atoms with E-state index >= 15 is 0 Å². The first-order chi connectivity index (χ1) is 9.50. The number of aromatic nitrogens is 2. The van der Waals surface area contributed by atoms with Gasteiger partial charge in [0.25, 0.3) is 5.69 Å². The first-order valence-corrected chi connectivity index (χ1v) is 6.29. The number of rotatable bonds is 5. The van der Waals surface area contributed by atoms with Crippen molar-refractivity contribution in [1.29, 1.82) is 0 Å². The molecule has 1 aromatic heterocycles. The fraction of sp³-hybridized carbons (Fsp3) is 0.385. The molecule has 0 aliphatic rings. The molecule has 0 aliphatic carbocycles. The zero-order valence-electron chi connectivity index (χ0n) is 11.4. The Morgan fingerprint density at radius 1 is 1.50 bits per heavy atom. The molecule has 1 aromatic carbocycles. The van der Waals surface area contributed by atoms with Crippen LogP contribution >= 0.6 is 0 Å². The lowest BCUT2D eigenvalue weighted by molar-refractivity contribution is -0.384. The van der Waals surface area contributed by atoms with Crippen molar-refractivity contribution in [3.8, 4) is 11.4 Å². The Balaban J connectivity index is 2.38. The summed E-state index contributed by atoms with van der Waals surface area (Å²) in [5.41, 5.74) is 5.90. The summed E-state index contributed by atoms with van der Waals surface area (Å²) in [5, 5.41) is 14.7. The van der Waals surface area contributed by atoms with Crippen LogP contribution in [0.25, 0.3) is 11.4 Å². The minimum Gasteiger partial charge on any atom is -0.338 e. The van der Waals surface area contributed by atoms with Gasteiger partial charge in [0.1, 0.15) is 0 Å². The number of non-ortho nitro benzene ring substituents is 1. The number of benzene rings is 1.